The Morgan fingerprint density at radius 3 is 2.55 bits per heavy atom. The standard InChI is InChI=1S/C15H21N3O.ClH/c1-11-8-18(9-12(2)17-11)10-13-4-5-14(7-16)15(6-13)19-3;/h4-6,11-12,17H,8-10H2,1-3H3;1H. The van der Waals surface area contributed by atoms with Crippen molar-refractivity contribution < 1.29 is 4.74 Å². The van der Waals surface area contributed by atoms with Gasteiger partial charge in [-0.3, -0.25) is 4.90 Å². The molecule has 1 fully saturated rings. The molecule has 1 saturated heterocycles. The number of nitriles is 1. The summed E-state index contributed by atoms with van der Waals surface area (Å²) in [6.07, 6.45) is 0. The lowest BCUT2D eigenvalue weighted by Gasteiger charge is -2.36. The summed E-state index contributed by atoms with van der Waals surface area (Å²) in [5, 5.41) is 12.5. The quantitative estimate of drug-likeness (QED) is 0.928. The van der Waals surface area contributed by atoms with Gasteiger partial charge < -0.3 is 10.1 Å². The van der Waals surface area contributed by atoms with Crippen LogP contribution < -0.4 is 10.1 Å². The Hall–Kier alpha value is -1.28. The molecule has 0 aromatic heterocycles. The highest BCUT2D eigenvalue weighted by molar-refractivity contribution is 5.85. The predicted octanol–water partition coefficient (Wildman–Crippen LogP) is 2.17. The van der Waals surface area contributed by atoms with Crippen LogP contribution in [0.2, 0.25) is 0 Å². The number of hydrogen-bond donors (Lipinski definition) is 1. The molecule has 4 nitrogen and oxygen atoms in total. The Labute approximate surface area is 127 Å². The molecule has 1 heterocycles. The maximum atomic E-state index is 8.98. The van der Waals surface area contributed by atoms with Crippen molar-refractivity contribution in [1.82, 2.24) is 10.2 Å². The minimum atomic E-state index is 0. The third-order valence-electron chi connectivity index (χ3n) is 3.43. The van der Waals surface area contributed by atoms with E-state index in [-0.39, 0.29) is 12.4 Å². The van der Waals surface area contributed by atoms with Crippen LogP contribution >= 0.6 is 12.4 Å². The molecule has 2 rings (SSSR count). The van der Waals surface area contributed by atoms with E-state index < -0.39 is 0 Å². The largest absolute Gasteiger partial charge is 0.495 e. The summed E-state index contributed by atoms with van der Waals surface area (Å²) >= 11 is 0. The monoisotopic (exact) mass is 295 g/mol. The fourth-order valence-electron chi connectivity index (χ4n) is 2.75. The number of nitrogens with zero attached hydrogens (tertiary/aromatic N) is 2. The Bertz CT molecular complexity index is 476. The number of piperazine rings is 1. The van der Waals surface area contributed by atoms with Crippen molar-refractivity contribution in [1.29, 1.82) is 5.26 Å². The van der Waals surface area contributed by atoms with E-state index in [2.05, 4.69) is 30.1 Å². The lowest BCUT2D eigenvalue weighted by atomic mass is 10.1. The van der Waals surface area contributed by atoms with Crippen molar-refractivity contribution in [2.24, 2.45) is 0 Å². The fourth-order valence-corrected chi connectivity index (χ4v) is 2.75. The maximum absolute atomic E-state index is 8.98. The second-order valence-electron chi connectivity index (χ2n) is 5.31. The van der Waals surface area contributed by atoms with E-state index in [0.29, 0.717) is 23.4 Å². The molecule has 1 aliphatic heterocycles. The average Bonchev–Trinajstić information content (AvgIpc) is 2.37. The van der Waals surface area contributed by atoms with Gasteiger partial charge in [0, 0.05) is 31.7 Å². The van der Waals surface area contributed by atoms with Crippen LogP contribution in [0.3, 0.4) is 0 Å². The molecule has 5 heteroatoms. The lowest BCUT2D eigenvalue weighted by Crippen LogP contribution is -2.53. The van der Waals surface area contributed by atoms with Gasteiger partial charge in [-0.05, 0) is 31.5 Å². The molecular formula is C15H22ClN3O. The third kappa shape index (κ3) is 4.11. The normalized spacial score (nSPS) is 22.7. The molecule has 0 spiro atoms. The molecule has 1 aliphatic rings. The highest BCUT2D eigenvalue weighted by atomic mass is 35.5. The first-order valence-electron chi connectivity index (χ1n) is 6.67. The Kier molecular flexibility index (Phi) is 6.28. The van der Waals surface area contributed by atoms with E-state index in [4.69, 9.17) is 10.00 Å². The summed E-state index contributed by atoms with van der Waals surface area (Å²) in [5.41, 5.74) is 1.78. The van der Waals surface area contributed by atoms with Crippen LogP contribution in [0, 0.1) is 11.3 Å². The molecule has 1 aromatic carbocycles. The van der Waals surface area contributed by atoms with E-state index in [1.807, 2.05) is 18.2 Å². The van der Waals surface area contributed by atoms with Gasteiger partial charge in [0.05, 0.1) is 12.7 Å². The van der Waals surface area contributed by atoms with Crippen LogP contribution in [0.4, 0.5) is 0 Å². The van der Waals surface area contributed by atoms with Crippen molar-refractivity contribution in [2.75, 3.05) is 20.2 Å². The van der Waals surface area contributed by atoms with Gasteiger partial charge >= 0.3 is 0 Å². The zero-order valence-corrected chi connectivity index (χ0v) is 13.0. The molecule has 0 aliphatic carbocycles. The number of benzene rings is 1. The molecule has 2 atom stereocenters. The molecule has 110 valence electrons. The minimum Gasteiger partial charge on any atom is -0.495 e. The van der Waals surface area contributed by atoms with Crippen molar-refractivity contribution >= 4 is 12.4 Å². The number of hydrogen-bond acceptors (Lipinski definition) is 4. The zero-order valence-electron chi connectivity index (χ0n) is 12.2. The molecular weight excluding hydrogens is 274 g/mol. The van der Waals surface area contributed by atoms with E-state index >= 15 is 0 Å². The van der Waals surface area contributed by atoms with Crippen LogP contribution in [0.1, 0.15) is 25.0 Å². The number of halogens is 1. The van der Waals surface area contributed by atoms with Gasteiger partial charge in [-0.15, -0.1) is 12.4 Å². The predicted molar refractivity (Wildman–Crippen MR) is 82.3 cm³/mol. The van der Waals surface area contributed by atoms with E-state index in [1.165, 1.54) is 5.56 Å². The lowest BCUT2D eigenvalue weighted by molar-refractivity contribution is 0.166. The second kappa shape index (κ2) is 7.49. The van der Waals surface area contributed by atoms with Crippen LogP contribution in [0.25, 0.3) is 0 Å². The minimum absolute atomic E-state index is 0. The number of ether oxygens (including phenoxy) is 1. The van der Waals surface area contributed by atoms with Gasteiger partial charge in [-0.1, -0.05) is 6.07 Å². The molecule has 1 N–H and O–H groups in total. The number of rotatable bonds is 3. The highest BCUT2D eigenvalue weighted by Crippen LogP contribution is 2.20. The summed E-state index contributed by atoms with van der Waals surface area (Å²) in [6.45, 7) is 7.42. The fraction of sp³-hybridized carbons (Fsp3) is 0.533. The van der Waals surface area contributed by atoms with Crippen LogP contribution in [0.15, 0.2) is 18.2 Å². The first kappa shape index (κ1) is 16.8. The third-order valence-corrected chi connectivity index (χ3v) is 3.43. The second-order valence-corrected chi connectivity index (χ2v) is 5.31. The van der Waals surface area contributed by atoms with Crippen molar-refractivity contribution in [3.8, 4) is 11.8 Å². The molecule has 0 amide bonds. The summed E-state index contributed by atoms with van der Waals surface area (Å²) in [5.74, 6) is 0.663. The topological polar surface area (TPSA) is 48.3 Å². The van der Waals surface area contributed by atoms with Crippen molar-refractivity contribution in [2.45, 2.75) is 32.5 Å². The number of nitrogens with one attached hydrogen (secondary N) is 1. The first-order valence-corrected chi connectivity index (χ1v) is 6.67. The van der Waals surface area contributed by atoms with Gasteiger partial charge in [-0.2, -0.15) is 5.26 Å². The van der Waals surface area contributed by atoms with Crippen molar-refractivity contribution in [3.63, 3.8) is 0 Å². The van der Waals surface area contributed by atoms with Crippen LogP contribution in [0.5, 0.6) is 5.75 Å². The average molecular weight is 296 g/mol. The Morgan fingerprint density at radius 1 is 1.35 bits per heavy atom. The van der Waals surface area contributed by atoms with Crippen LogP contribution in [-0.2, 0) is 6.54 Å². The Balaban J connectivity index is 0.00000200. The van der Waals surface area contributed by atoms with Crippen molar-refractivity contribution in [3.05, 3.63) is 29.3 Å². The van der Waals surface area contributed by atoms with Gasteiger partial charge in [0.2, 0.25) is 0 Å². The molecule has 0 radical (unpaired) electrons. The SMILES string of the molecule is COc1cc(CN2CC(C)NC(C)C2)ccc1C#N.Cl. The molecule has 20 heavy (non-hydrogen) atoms. The summed E-state index contributed by atoms with van der Waals surface area (Å²) in [4.78, 5) is 2.44. The van der Waals surface area contributed by atoms with Gasteiger partial charge in [0.15, 0.2) is 0 Å². The molecule has 0 saturated carbocycles. The van der Waals surface area contributed by atoms with E-state index in [9.17, 15) is 0 Å². The smallest absolute Gasteiger partial charge is 0.136 e. The highest BCUT2D eigenvalue weighted by Gasteiger charge is 2.20. The molecule has 0 bridgehead atoms. The summed E-state index contributed by atoms with van der Waals surface area (Å²) < 4.78 is 5.25. The zero-order chi connectivity index (χ0) is 13.8. The molecule has 1 aromatic rings. The number of methoxy groups -OCH3 is 1. The first-order chi connectivity index (χ1) is 9.12. The van der Waals surface area contributed by atoms with Gasteiger partial charge in [0.25, 0.3) is 0 Å². The Morgan fingerprint density at radius 2 is 2.00 bits per heavy atom. The maximum Gasteiger partial charge on any atom is 0.136 e. The van der Waals surface area contributed by atoms with Gasteiger partial charge in [0.1, 0.15) is 11.8 Å². The van der Waals surface area contributed by atoms with E-state index in [0.717, 1.165) is 19.6 Å². The molecule has 2 unspecified atom stereocenters. The van der Waals surface area contributed by atoms with Gasteiger partial charge in [-0.25, -0.2) is 0 Å². The van der Waals surface area contributed by atoms with Crippen LogP contribution in [-0.4, -0.2) is 37.2 Å². The van der Waals surface area contributed by atoms with E-state index in [1.54, 1.807) is 7.11 Å². The summed E-state index contributed by atoms with van der Waals surface area (Å²) in [7, 11) is 1.61. The summed E-state index contributed by atoms with van der Waals surface area (Å²) in [6, 6.07) is 9.00.